The number of sulfonamides is 1. The summed E-state index contributed by atoms with van der Waals surface area (Å²) in [6, 6.07) is 13.5. The lowest BCUT2D eigenvalue weighted by atomic mass is 10.0. The molecule has 0 unspecified atom stereocenters. The molecule has 8 heteroatoms. The lowest BCUT2D eigenvalue weighted by Crippen LogP contribution is -2.44. The van der Waals surface area contributed by atoms with Crippen molar-refractivity contribution in [3.8, 4) is 0 Å². The fraction of sp³-hybridized carbons (Fsp3) is 0.435. The maximum atomic E-state index is 13.3. The van der Waals surface area contributed by atoms with Crippen LogP contribution in [-0.4, -0.2) is 57.1 Å². The minimum Gasteiger partial charge on any atom is -0.360 e. The molecule has 5 rings (SSSR count). The maximum Gasteiger partial charge on any atom is 0.246 e. The van der Waals surface area contributed by atoms with Gasteiger partial charge in [-0.05, 0) is 61.6 Å². The lowest BCUT2D eigenvalue weighted by Gasteiger charge is -2.35. The van der Waals surface area contributed by atoms with E-state index in [0.717, 1.165) is 54.9 Å². The summed E-state index contributed by atoms with van der Waals surface area (Å²) in [6.45, 7) is 3.06. The second-order valence-corrected chi connectivity index (χ2v) is 11.4. The Balaban J connectivity index is 1.38. The Kier molecular flexibility index (Phi) is 5.71. The molecule has 3 aliphatic rings. The molecule has 31 heavy (non-hydrogen) atoms. The molecule has 0 aromatic heterocycles. The lowest BCUT2D eigenvalue weighted by molar-refractivity contribution is -0.117. The summed E-state index contributed by atoms with van der Waals surface area (Å²) >= 11 is 1.83. The van der Waals surface area contributed by atoms with E-state index in [1.807, 2.05) is 34.9 Å². The SMILES string of the molecule is O=C(CN1CCSc2ccccc21)N1CCCc2cc(S(=O)(=O)N3CCCC3)ccc21. The van der Waals surface area contributed by atoms with Crippen LogP contribution in [0.15, 0.2) is 52.3 Å². The van der Waals surface area contributed by atoms with Crippen LogP contribution < -0.4 is 9.80 Å². The number of fused-ring (bicyclic) bond motifs is 2. The first-order valence-corrected chi connectivity index (χ1v) is 13.4. The fourth-order valence-electron chi connectivity index (χ4n) is 4.71. The van der Waals surface area contributed by atoms with Gasteiger partial charge in [-0.3, -0.25) is 4.79 Å². The fourth-order valence-corrected chi connectivity index (χ4v) is 7.33. The molecule has 1 amide bonds. The van der Waals surface area contributed by atoms with Crippen LogP contribution in [0, 0.1) is 0 Å². The quantitative estimate of drug-likeness (QED) is 0.705. The van der Waals surface area contributed by atoms with Crippen LogP contribution in [0.25, 0.3) is 0 Å². The topological polar surface area (TPSA) is 60.9 Å². The normalized spacial score (nSPS) is 19.2. The highest BCUT2D eigenvalue weighted by atomic mass is 32.2. The molecule has 0 N–H and O–H groups in total. The largest absolute Gasteiger partial charge is 0.360 e. The number of thioether (sulfide) groups is 1. The molecule has 1 saturated heterocycles. The Morgan fingerprint density at radius 1 is 0.935 bits per heavy atom. The zero-order valence-corrected chi connectivity index (χ0v) is 19.1. The van der Waals surface area contributed by atoms with E-state index < -0.39 is 10.0 Å². The highest BCUT2D eigenvalue weighted by Crippen LogP contribution is 2.35. The molecule has 0 saturated carbocycles. The maximum absolute atomic E-state index is 13.3. The van der Waals surface area contributed by atoms with E-state index in [2.05, 4.69) is 17.0 Å². The Morgan fingerprint density at radius 2 is 1.74 bits per heavy atom. The molecule has 164 valence electrons. The second-order valence-electron chi connectivity index (χ2n) is 8.29. The van der Waals surface area contributed by atoms with Crippen molar-refractivity contribution in [1.29, 1.82) is 0 Å². The van der Waals surface area contributed by atoms with Gasteiger partial charge in [0.25, 0.3) is 0 Å². The first-order valence-electron chi connectivity index (χ1n) is 10.9. The third kappa shape index (κ3) is 3.97. The van der Waals surface area contributed by atoms with Crippen LogP contribution in [0.1, 0.15) is 24.8 Å². The number of anilines is 2. The summed E-state index contributed by atoms with van der Waals surface area (Å²) in [6.07, 6.45) is 3.49. The molecule has 0 aliphatic carbocycles. The van der Waals surface area contributed by atoms with Gasteiger partial charge < -0.3 is 9.80 Å². The van der Waals surface area contributed by atoms with Crippen molar-refractivity contribution < 1.29 is 13.2 Å². The predicted octanol–water partition coefficient (Wildman–Crippen LogP) is 3.36. The molecular formula is C23H27N3O3S2. The van der Waals surface area contributed by atoms with E-state index >= 15 is 0 Å². The van der Waals surface area contributed by atoms with Crippen LogP contribution in [-0.2, 0) is 21.2 Å². The predicted molar refractivity (Wildman–Crippen MR) is 124 cm³/mol. The van der Waals surface area contributed by atoms with Gasteiger partial charge in [-0.25, -0.2) is 8.42 Å². The van der Waals surface area contributed by atoms with E-state index in [0.29, 0.717) is 31.1 Å². The van der Waals surface area contributed by atoms with Crippen LogP contribution in [0.4, 0.5) is 11.4 Å². The van der Waals surface area contributed by atoms with Crippen molar-refractivity contribution in [3.05, 3.63) is 48.0 Å². The molecule has 0 bridgehead atoms. The molecular weight excluding hydrogens is 430 g/mol. The molecule has 1 fully saturated rings. The number of rotatable bonds is 4. The smallest absolute Gasteiger partial charge is 0.246 e. The number of hydrogen-bond acceptors (Lipinski definition) is 5. The van der Waals surface area contributed by atoms with E-state index in [1.54, 1.807) is 16.4 Å². The number of nitrogens with zero attached hydrogens (tertiary/aromatic N) is 3. The molecule has 0 radical (unpaired) electrons. The van der Waals surface area contributed by atoms with Gasteiger partial charge in [0, 0.05) is 42.5 Å². The Bertz CT molecular complexity index is 1100. The van der Waals surface area contributed by atoms with Gasteiger partial charge >= 0.3 is 0 Å². The third-order valence-corrected chi connectivity index (χ3v) is 9.26. The van der Waals surface area contributed by atoms with Crippen molar-refractivity contribution in [2.75, 3.05) is 48.3 Å². The van der Waals surface area contributed by atoms with Crippen molar-refractivity contribution >= 4 is 39.1 Å². The summed E-state index contributed by atoms with van der Waals surface area (Å²) in [7, 11) is -3.45. The number of hydrogen-bond donors (Lipinski definition) is 0. The van der Waals surface area contributed by atoms with Gasteiger partial charge in [0.1, 0.15) is 0 Å². The zero-order chi connectivity index (χ0) is 21.4. The Hall–Kier alpha value is -2.03. The van der Waals surface area contributed by atoms with Gasteiger partial charge in [-0.15, -0.1) is 11.8 Å². The summed E-state index contributed by atoms with van der Waals surface area (Å²) in [5.74, 6) is 1.04. The van der Waals surface area contributed by atoms with Crippen LogP contribution in [0.5, 0.6) is 0 Å². The molecule has 0 spiro atoms. The van der Waals surface area contributed by atoms with E-state index in [9.17, 15) is 13.2 Å². The van der Waals surface area contributed by atoms with Gasteiger partial charge in [-0.1, -0.05) is 12.1 Å². The van der Waals surface area contributed by atoms with Crippen LogP contribution in [0.3, 0.4) is 0 Å². The summed E-state index contributed by atoms with van der Waals surface area (Å²) in [4.78, 5) is 18.9. The van der Waals surface area contributed by atoms with Crippen LogP contribution >= 0.6 is 11.8 Å². The van der Waals surface area contributed by atoms with Gasteiger partial charge in [0.2, 0.25) is 15.9 Å². The standard InChI is InChI=1S/C23H27N3O3S2/c27-23(17-24-14-15-30-22-8-2-1-7-21(22)24)26-13-5-6-18-16-19(9-10-20(18)26)31(28,29)25-11-3-4-12-25/h1-2,7-10,16H,3-6,11-15,17H2. The van der Waals surface area contributed by atoms with Crippen molar-refractivity contribution in [3.63, 3.8) is 0 Å². The first kappa shape index (κ1) is 20.8. The Labute approximate surface area is 188 Å². The van der Waals surface area contributed by atoms with Gasteiger partial charge in [0.15, 0.2) is 0 Å². The summed E-state index contributed by atoms with van der Waals surface area (Å²) in [5, 5.41) is 0. The third-order valence-electron chi connectivity index (χ3n) is 6.32. The highest BCUT2D eigenvalue weighted by Gasteiger charge is 2.30. The summed E-state index contributed by atoms with van der Waals surface area (Å²) < 4.78 is 27.5. The zero-order valence-electron chi connectivity index (χ0n) is 17.5. The van der Waals surface area contributed by atoms with E-state index in [4.69, 9.17) is 0 Å². The van der Waals surface area contributed by atoms with Crippen LogP contribution in [0.2, 0.25) is 0 Å². The number of benzene rings is 2. The average molecular weight is 458 g/mol. The van der Waals surface area contributed by atoms with Crippen molar-refractivity contribution in [1.82, 2.24) is 4.31 Å². The van der Waals surface area contributed by atoms with Crippen molar-refractivity contribution in [2.45, 2.75) is 35.5 Å². The number of carbonyl (C=O) groups excluding carboxylic acids is 1. The number of amides is 1. The minimum absolute atomic E-state index is 0.0674. The highest BCUT2D eigenvalue weighted by molar-refractivity contribution is 7.99. The molecule has 0 atom stereocenters. The van der Waals surface area contributed by atoms with Gasteiger partial charge in [0.05, 0.1) is 17.1 Å². The van der Waals surface area contributed by atoms with E-state index in [-0.39, 0.29) is 5.91 Å². The van der Waals surface area contributed by atoms with Gasteiger partial charge in [-0.2, -0.15) is 4.31 Å². The molecule has 3 aliphatic heterocycles. The first-order chi connectivity index (χ1) is 15.0. The molecule has 6 nitrogen and oxygen atoms in total. The minimum atomic E-state index is -3.45. The summed E-state index contributed by atoms with van der Waals surface area (Å²) in [5.41, 5.74) is 2.93. The number of aryl methyl sites for hydroxylation is 1. The molecule has 2 aromatic rings. The van der Waals surface area contributed by atoms with E-state index in [1.165, 1.54) is 4.90 Å². The van der Waals surface area contributed by atoms with Crippen molar-refractivity contribution in [2.24, 2.45) is 0 Å². The Morgan fingerprint density at radius 3 is 2.58 bits per heavy atom. The number of para-hydroxylation sites is 1. The average Bonchev–Trinajstić information content (AvgIpc) is 3.34. The monoisotopic (exact) mass is 457 g/mol. The molecule has 3 heterocycles. The second kappa shape index (κ2) is 8.48. The molecule has 2 aromatic carbocycles. The number of carbonyl (C=O) groups is 1.